The van der Waals surface area contributed by atoms with Crippen LogP contribution in [0.5, 0.6) is 11.5 Å². The Balaban J connectivity index is 1.79. The summed E-state index contributed by atoms with van der Waals surface area (Å²) in [6.45, 7) is 4.19. The molecule has 0 aliphatic carbocycles. The average Bonchev–Trinajstić information content (AvgIpc) is 3.15. The van der Waals surface area contributed by atoms with E-state index in [1.54, 1.807) is 17.0 Å². The van der Waals surface area contributed by atoms with Crippen molar-refractivity contribution in [1.82, 2.24) is 0 Å². The summed E-state index contributed by atoms with van der Waals surface area (Å²) >= 11 is 7.44. The molecule has 0 aromatic heterocycles. The van der Waals surface area contributed by atoms with Crippen LogP contribution >= 0.6 is 23.4 Å². The fraction of sp³-hybridized carbons (Fsp3) is 0.185. The minimum absolute atomic E-state index is 0.0767. The number of amides is 1. The smallest absolute Gasteiger partial charge is 0.271 e. The maximum Gasteiger partial charge on any atom is 0.271 e. The molecule has 0 saturated carbocycles. The summed E-state index contributed by atoms with van der Waals surface area (Å²) in [5, 5.41) is 11.5. The summed E-state index contributed by atoms with van der Waals surface area (Å²) in [6, 6.07) is 19.0. The Hall–Kier alpha value is -3.22. The molecule has 1 saturated heterocycles. The van der Waals surface area contributed by atoms with Crippen LogP contribution in [0.2, 0.25) is 5.02 Å². The Morgan fingerprint density at radius 1 is 1.03 bits per heavy atom. The highest BCUT2D eigenvalue weighted by Crippen LogP contribution is 2.40. The molecule has 4 rings (SSSR count). The van der Waals surface area contributed by atoms with Crippen LogP contribution in [0.3, 0.4) is 0 Å². The number of aromatic hydroxyl groups is 1. The molecule has 174 valence electrons. The Labute approximate surface area is 208 Å². The minimum Gasteiger partial charge on any atom is -0.504 e. The largest absolute Gasteiger partial charge is 0.504 e. The number of carbonyl (C=O) groups excluding carboxylic acids is 1. The lowest BCUT2D eigenvalue weighted by atomic mass is 10.1. The number of anilines is 1. The number of hydrogen-bond acceptors (Lipinski definition) is 5. The van der Waals surface area contributed by atoms with E-state index in [2.05, 4.69) is 13.8 Å². The first-order valence-corrected chi connectivity index (χ1v) is 12.2. The molecule has 3 aromatic rings. The van der Waals surface area contributed by atoms with Gasteiger partial charge in [-0.25, -0.2) is 4.99 Å². The first kappa shape index (κ1) is 23.9. The summed E-state index contributed by atoms with van der Waals surface area (Å²) in [5.74, 6) is -0.0598. The van der Waals surface area contributed by atoms with Crippen LogP contribution < -0.4 is 9.64 Å². The lowest BCUT2D eigenvalue weighted by Gasteiger charge is -2.16. The standard InChI is InChI=1S/C27H25ClN2O3S/c1-4-17-6-10-21(11-7-17)29-27-30(22-12-8-18(5-2)9-13-22)26(32)24(34-27)15-19-14-20(28)16-23(33-3)25(19)31/h6-16,31H,4-5H2,1-3H3/b24-15-,29-27?. The normalized spacial score (nSPS) is 16.0. The van der Waals surface area contributed by atoms with Gasteiger partial charge in [0.25, 0.3) is 5.91 Å². The number of benzene rings is 3. The molecule has 3 aromatic carbocycles. The minimum atomic E-state index is -0.225. The van der Waals surface area contributed by atoms with E-state index >= 15 is 0 Å². The van der Waals surface area contributed by atoms with Crippen molar-refractivity contribution in [3.05, 3.63) is 87.3 Å². The molecule has 1 N–H and O–H groups in total. The first-order valence-electron chi connectivity index (χ1n) is 11.0. The number of phenols is 1. The molecule has 0 bridgehead atoms. The Morgan fingerprint density at radius 2 is 1.65 bits per heavy atom. The molecule has 5 nitrogen and oxygen atoms in total. The van der Waals surface area contributed by atoms with Crippen molar-refractivity contribution in [2.45, 2.75) is 26.7 Å². The predicted molar refractivity (Wildman–Crippen MR) is 141 cm³/mol. The number of halogens is 1. The number of aryl methyl sites for hydroxylation is 2. The summed E-state index contributed by atoms with van der Waals surface area (Å²) < 4.78 is 5.20. The third-order valence-corrected chi connectivity index (χ3v) is 6.74. The molecule has 7 heteroatoms. The number of methoxy groups -OCH3 is 1. The van der Waals surface area contributed by atoms with Crippen molar-refractivity contribution in [2.24, 2.45) is 4.99 Å². The fourth-order valence-electron chi connectivity index (χ4n) is 3.58. The zero-order valence-electron chi connectivity index (χ0n) is 19.2. The van der Waals surface area contributed by atoms with Crippen LogP contribution in [0.25, 0.3) is 6.08 Å². The second kappa shape index (κ2) is 10.4. The van der Waals surface area contributed by atoms with E-state index in [9.17, 15) is 9.90 Å². The van der Waals surface area contributed by atoms with Crippen LogP contribution in [0.4, 0.5) is 11.4 Å². The van der Waals surface area contributed by atoms with Crippen molar-refractivity contribution in [2.75, 3.05) is 12.0 Å². The van der Waals surface area contributed by atoms with E-state index in [-0.39, 0.29) is 17.4 Å². The molecule has 1 aliphatic heterocycles. The molecular weight excluding hydrogens is 468 g/mol. The second-order valence-electron chi connectivity index (χ2n) is 7.73. The number of phenolic OH excluding ortho intramolecular Hbond substituents is 1. The number of carbonyl (C=O) groups is 1. The van der Waals surface area contributed by atoms with Crippen LogP contribution in [0, 0.1) is 0 Å². The average molecular weight is 493 g/mol. The van der Waals surface area contributed by atoms with Crippen LogP contribution in [0.15, 0.2) is 70.6 Å². The molecule has 0 atom stereocenters. The quantitative estimate of drug-likeness (QED) is 0.377. The van der Waals surface area contributed by atoms with E-state index in [0.717, 1.165) is 24.2 Å². The van der Waals surface area contributed by atoms with Gasteiger partial charge in [0, 0.05) is 16.7 Å². The second-order valence-corrected chi connectivity index (χ2v) is 9.18. The molecule has 1 amide bonds. The van der Waals surface area contributed by atoms with E-state index in [4.69, 9.17) is 21.3 Å². The van der Waals surface area contributed by atoms with Gasteiger partial charge in [-0.05, 0) is 72.1 Å². The fourth-order valence-corrected chi connectivity index (χ4v) is 4.78. The Morgan fingerprint density at radius 3 is 2.24 bits per heavy atom. The number of thioether (sulfide) groups is 1. The molecule has 34 heavy (non-hydrogen) atoms. The number of hydrogen-bond donors (Lipinski definition) is 1. The van der Waals surface area contributed by atoms with Crippen molar-refractivity contribution in [3.63, 3.8) is 0 Å². The van der Waals surface area contributed by atoms with Gasteiger partial charge in [-0.3, -0.25) is 9.69 Å². The number of ether oxygens (including phenoxy) is 1. The van der Waals surface area contributed by atoms with Gasteiger partial charge in [0.2, 0.25) is 0 Å². The Kier molecular flexibility index (Phi) is 7.29. The Bertz CT molecular complexity index is 1270. The number of aliphatic imine (C=N–C) groups is 1. The van der Waals surface area contributed by atoms with Gasteiger partial charge in [0.15, 0.2) is 16.7 Å². The van der Waals surface area contributed by atoms with Gasteiger partial charge in [-0.1, -0.05) is 49.7 Å². The molecule has 1 aliphatic rings. The maximum atomic E-state index is 13.5. The van der Waals surface area contributed by atoms with Crippen molar-refractivity contribution in [1.29, 1.82) is 0 Å². The molecular formula is C27H25ClN2O3S. The van der Waals surface area contributed by atoms with Gasteiger partial charge < -0.3 is 9.84 Å². The van der Waals surface area contributed by atoms with Gasteiger partial charge in [-0.15, -0.1) is 0 Å². The van der Waals surface area contributed by atoms with Gasteiger partial charge in [0.05, 0.1) is 23.4 Å². The maximum absolute atomic E-state index is 13.5. The highest BCUT2D eigenvalue weighted by molar-refractivity contribution is 8.19. The topological polar surface area (TPSA) is 62.1 Å². The van der Waals surface area contributed by atoms with Gasteiger partial charge in [0.1, 0.15) is 0 Å². The summed E-state index contributed by atoms with van der Waals surface area (Å²) in [6.07, 6.45) is 3.47. The SMILES string of the molecule is CCc1ccc(N=C2S/C(=C\c3cc(Cl)cc(OC)c3O)C(=O)N2c2ccc(CC)cc2)cc1. The van der Waals surface area contributed by atoms with Gasteiger partial charge in [-0.2, -0.15) is 0 Å². The molecule has 0 radical (unpaired) electrons. The predicted octanol–water partition coefficient (Wildman–Crippen LogP) is 6.99. The van der Waals surface area contributed by atoms with E-state index in [1.807, 2.05) is 48.5 Å². The van der Waals surface area contributed by atoms with Crippen molar-refractivity contribution < 1.29 is 14.6 Å². The lowest BCUT2D eigenvalue weighted by Crippen LogP contribution is -2.28. The van der Waals surface area contributed by atoms with Crippen LogP contribution in [-0.4, -0.2) is 23.3 Å². The van der Waals surface area contributed by atoms with Crippen molar-refractivity contribution in [3.8, 4) is 11.5 Å². The third kappa shape index (κ3) is 4.98. The number of amidine groups is 1. The van der Waals surface area contributed by atoms with Crippen LogP contribution in [0.1, 0.15) is 30.5 Å². The van der Waals surface area contributed by atoms with E-state index < -0.39 is 0 Å². The van der Waals surface area contributed by atoms with Gasteiger partial charge >= 0.3 is 0 Å². The highest BCUT2D eigenvalue weighted by atomic mass is 35.5. The van der Waals surface area contributed by atoms with Crippen molar-refractivity contribution >= 4 is 51.9 Å². The molecule has 0 unspecified atom stereocenters. The summed E-state index contributed by atoms with van der Waals surface area (Å²) in [7, 11) is 1.45. The van der Waals surface area contributed by atoms with E-state index in [1.165, 1.54) is 36.1 Å². The molecule has 1 fully saturated rings. The van der Waals surface area contributed by atoms with Crippen LogP contribution in [-0.2, 0) is 17.6 Å². The third-order valence-electron chi connectivity index (χ3n) is 5.55. The number of rotatable bonds is 6. The zero-order valence-corrected chi connectivity index (χ0v) is 20.8. The number of nitrogens with zero attached hydrogens (tertiary/aromatic N) is 2. The summed E-state index contributed by atoms with van der Waals surface area (Å²) in [4.78, 5) is 20.3. The van der Waals surface area contributed by atoms with E-state index in [0.29, 0.717) is 20.7 Å². The zero-order chi connectivity index (χ0) is 24.2. The highest BCUT2D eigenvalue weighted by Gasteiger charge is 2.35. The summed E-state index contributed by atoms with van der Waals surface area (Å²) in [5.41, 5.74) is 4.29. The first-order chi connectivity index (χ1) is 16.4. The molecule has 1 heterocycles. The monoisotopic (exact) mass is 492 g/mol. The molecule has 0 spiro atoms. The lowest BCUT2D eigenvalue weighted by molar-refractivity contribution is -0.113.